The zero-order valence-corrected chi connectivity index (χ0v) is 13.9. The number of amides is 1. The maximum absolute atomic E-state index is 12.8. The summed E-state index contributed by atoms with van der Waals surface area (Å²) in [6.45, 7) is 8.24. The minimum Gasteiger partial charge on any atom is -0.346 e. The van der Waals surface area contributed by atoms with Crippen LogP contribution in [0.15, 0.2) is 12.1 Å². The summed E-state index contributed by atoms with van der Waals surface area (Å²) in [6.07, 6.45) is 3.86. The third kappa shape index (κ3) is 1.97. The van der Waals surface area contributed by atoms with Gasteiger partial charge in [-0.3, -0.25) is 4.79 Å². The summed E-state index contributed by atoms with van der Waals surface area (Å²) in [4.78, 5) is 12.8. The number of fused-ring (bicyclic) bond motifs is 1. The van der Waals surface area contributed by atoms with E-state index in [9.17, 15) is 10.1 Å². The molecule has 1 saturated carbocycles. The maximum Gasteiger partial charge on any atom is 0.231 e. The normalized spacial score (nSPS) is 21.7. The van der Waals surface area contributed by atoms with E-state index in [1.165, 1.54) is 24.0 Å². The van der Waals surface area contributed by atoms with E-state index in [1.807, 2.05) is 6.07 Å². The van der Waals surface area contributed by atoms with Crippen molar-refractivity contribution in [2.24, 2.45) is 0 Å². The van der Waals surface area contributed by atoms with E-state index in [1.54, 1.807) is 0 Å². The summed E-state index contributed by atoms with van der Waals surface area (Å²) in [5.74, 6) is 0.629. The summed E-state index contributed by atoms with van der Waals surface area (Å²) in [6, 6.07) is 6.57. The SMILES string of the molecule is CCC1(CC)C(=O)NC(C)(C)c2cc(C3CC3)c(C#N)cc21. The molecular weight excluding hydrogens is 272 g/mol. The first-order valence-corrected chi connectivity index (χ1v) is 8.31. The van der Waals surface area contributed by atoms with Crippen LogP contribution in [-0.2, 0) is 15.7 Å². The highest BCUT2D eigenvalue weighted by atomic mass is 16.2. The molecule has 2 aliphatic rings. The number of nitriles is 1. The van der Waals surface area contributed by atoms with Crippen molar-refractivity contribution in [3.8, 4) is 6.07 Å². The van der Waals surface area contributed by atoms with Crippen LogP contribution < -0.4 is 5.32 Å². The molecule has 3 heteroatoms. The van der Waals surface area contributed by atoms with Gasteiger partial charge in [0.1, 0.15) is 0 Å². The van der Waals surface area contributed by atoms with Gasteiger partial charge < -0.3 is 5.32 Å². The van der Waals surface area contributed by atoms with E-state index < -0.39 is 5.41 Å². The molecule has 0 radical (unpaired) electrons. The van der Waals surface area contributed by atoms with Gasteiger partial charge in [0.25, 0.3) is 0 Å². The van der Waals surface area contributed by atoms with Gasteiger partial charge in [0.05, 0.1) is 22.6 Å². The number of nitrogens with one attached hydrogen (secondary N) is 1. The summed E-state index contributed by atoms with van der Waals surface area (Å²) >= 11 is 0. The Hall–Kier alpha value is -1.82. The Balaban J connectivity index is 2.30. The van der Waals surface area contributed by atoms with Crippen LogP contribution in [0, 0.1) is 11.3 Å². The molecule has 116 valence electrons. The summed E-state index contributed by atoms with van der Waals surface area (Å²) in [7, 11) is 0. The quantitative estimate of drug-likeness (QED) is 0.921. The number of carbonyl (C=O) groups excluding carboxylic acids is 1. The molecule has 0 bridgehead atoms. The molecule has 0 saturated heterocycles. The summed E-state index contributed by atoms with van der Waals surface area (Å²) in [5.41, 5.74) is 3.31. The minimum atomic E-state index is -0.501. The molecule has 0 aromatic heterocycles. The molecule has 1 aliphatic carbocycles. The highest BCUT2D eigenvalue weighted by Crippen LogP contribution is 2.48. The fraction of sp³-hybridized carbons (Fsp3) is 0.579. The molecule has 3 rings (SSSR count). The van der Waals surface area contributed by atoms with Gasteiger partial charge in [-0.2, -0.15) is 5.26 Å². The van der Waals surface area contributed by atoms with Gasteiger partial charge >= 0.3 is 0 Å². The zero-order valence-electron chi connectivity index (χ0n) is 13.9. The molecule has 1 heterocycles. The predicted octanol–water partition coefficient (Wildman–Crippen LogP) is 3.86. The third-order valence-corrected chi connectivity index (χ3v) is 5.58. The predicted molar refractivity (Wildman–Crippen MR) is 86.6 cm³/mol. The highest BCUT2D eigenvalue weighted by molar-refractivity contribution is 5.91. The first-order chi connectivity index (χ1) is 10.4. The first-order valence-electron chi connectivity index (χ1n) is 8.31. The lowest BCUT2D eigenvalue weighted by Crippen LogP contribution is -2.56. The van der Waals surface area contributed by atoms with Gasteiger partial charge in [-0.25, -0.2) is 0 Å². The molecule has 1 aromatic rings. The van der Waals surface area contributed by atoms with Crippen LogP contribution in [-0.4, -0.2) is 5.91 Å². The van der Waals surface area contributed by atoms with Crippen molar-refractivity contribution in [3.05, 3.63) is 34.4 Å². The highest BCUT2D eigenvalue weighted by Gasteiger charge is 2.47. The number of rotatable bonds is 3. The number of hydrogen-bond donors (Lipinski definition) is 1. The van der Waals surface area contributed by atoms with Crippen LogP contribution in [0.1, 0.15) is 81.5 Å². The molecule has 0 unspecified atom stereocenters. The fourth-order valence-corrected chi connectivity index (χ4v) is 3.90. The maximum atomic E-state index is 12.8. The van der Waals surface area contributed by atoms with E-state index in [0.717, 1.165) is 24.0 Å². The van der Waals surface area contributed by atoms with Crippen LogP contribution in [0.25, 0.3) is 0 Å². The standard InChI is InChI=1S/C19H24N2O/c1-5-19(6-2)16-9-13(11-20)14(12-7-8-12)10-15(16)18(3,4)21-17(19)22/h9-10,12H,5-8H2,1-4H3,(H,21,22). The van der Waals surface area contributed by atoms with E-state index in [4.69, 9.17) is 0 Å². The Morgan fingerprint density at radius 2 is 1.86 bits per heavy atom. The van der Waals surface area contributed by atoms with Crippen LogP contribution in [0.3, 0.4) is 0 Å². The van der Waals surface area contributed by atoms with Crippen molar-refractivity contribution in [2.75, 3.05) is 0 Å². The molecule has 3 nitrogen and oxygen atoms in total. The van der Waals surface area contributed by atoms with Gasteiger partial charge in [0.15, 0.2) is 0 Å². The van der Waals surface area contributed by atoms with Gasteiger partial charge in [-0.15, -0.1) is 0 Å². The summed E-state index contributed by atoms with van der Waals surface area (Å²) < 4.78 is 0. The molecule has 0 spiro atoms. The Labute approximate surface area is 132 Å². The van der Waals surface area contributed by atoms with Gasteiger partial charge in [0.2, 0.25) is 5.91 Å². The van der Waals surface area contributed by atoms with Crippen molar-refractivity contribution in [1.29, 1.82) is 5.26 Å². The molecule has 1 amide bonds. The number of benzene rings is 1. The van der Waals surface area contributed by atoms with Gasteiger partial charge in [0, 0.05) is 0 Å². The molecular formula is C19H24N2O. The van der Waals surface area contributed by atoms with Gasteiger partial charge in [-0.05, 0) is 68.2 Å². The summed E-state index contributed by atoms with van der Waals surface area (Å²) in [5, 5.41) is 12.8. The second-order valence-electron chi connectivity index (χ2n) is 7.24. The first kappa shape index (κ1) is 15.1. The molecule has 1 aliphatic heterocycles. The van der Waals surface area contributed by atoms with E-state index in [2.05, 4.69) is 45.1 Å². The van der Waals surface area contributed by atoms with E-state index in [0.29, 0.717) is 5.92 Å². The number of carbonyl (C=O) groups is 1. The van der Waals surface area contributed by atoms with Crippen LogP contribution in [0.2, 0.25) is 0 Å². The largest absolute Gasteiger partial charge is 0.346 e. The lowest BCUT2D eigenvalue weighted by molar-refractivity contribution is -0.130. The lowest BCUT2D eigenvalue weighted by Gasteiger charge is -2.45. The van der Waals surface area contributed by atoms with Crippen molar-refractivity contribution >= 4 is 5.91 Å². The molecule has 1 fully saturated rings. The Bertz CT molecular complexity index is 673. The second kappa shape index (κ2) is 4.84. The minimum absolute atomic E-state index is 0.0954. The van der Waals surface area contributed by atoms with Crippen molar-refractivity contribution in [1.82, 2.24) is 5.32 Å². The smallest absolute Gasteiger partial charge is 0.231 e. The number of hydrogen-bond acceptors (Lipinski definition) is 2. The average molecular weight is 296 g/mol. The zero-order chi connectivity index (χ0) is 16.1. The van der Waals surface area contributed by atoms with Crippen molar-refractivity contribution in [3.63, 3.8) is 0 Å². The molecule has 1 N–H and O–H groups in total. The van der Waals surface area contributed by atoms with Crippen LogP contribution in [0.5, 0.6) is 0 Å². The number of nitrogens with zero attached hydrogens (tertiary/aromatic N) is 1. The Kier molecular flexibility index (Phi) is 3.32. The van der Waals surface area contributed by atoms with E-state index in [-0.39, 0.29) is 11.4 Å². The second-order valence-corrected chi connectivity index (χ2v) is 7.24. The average Bonchev–Trinajstić information content (AvgIpc) is 3.31. The Morgan fingerprint density at radius 3 is 2.36 bits per heavy atom. The van der Waals surface area contributed by atoms with Crippen molar-refractivity contribution < 1.29 is 4.79 Å². The molecule has 1 aromatic carbocycles. The van der Waals surface area contributed by atoms with Crippen LogP contribution in [0.4, 0.5) is 0 Å². The molecule has 22 heavy (non-hydrogen) atoms. The lowest BCUT2D eigenvalue weighted by atomic mass is 9.66. The topological polar surface area (TPSA) is 52.9 Å². The van der Waals surface area contributed by atoms with Crippen molar-refractivity contribution in [2.45, 2.75) is 70.3 Å². The fourth-order valence-electron chi connectivity index (χ4n) is 3.90. The van der Waals surface area contributed by atoms with Gasteiger partial charge in [-0.1, -0.05) is 19.9 Å². The van der Waals surface area contributed by atoms with Crippen LogP contribution >= 0.6 is 0 Å². The Morgan fingerprint density at radius 1 is 1.23 bits per heavy atom. The third-order valence-electron chi connectivity index (χ3n) is 5.58. The molecule has 0 atom stereocenters. The monoisotopic (exact) mass is 296 g/mol. The van der Waals surface area contributed by atoms with E-state index >= 15 is 0 Å².